The fourth-order valence-corrected chi connectivity index (χ4v) is 2.29. The lowest BCUT2D eigenvalue weighted by molar-refractivity contribution is -0.122. The van der Waals surface area contributed by atoms with Gasteiger partial charge in [-0.15, -0.1) is 0 Å². The lowest BCUT2D eigenvalue weighted by atomic mass is 10.0. The van der Waals surface area contributed by atoms with Crippen molar-refractivity contribution >= 4 is 21.8 Å². The maximum Gasteiger partial charge on any atom is 0.220 e. The quantitative estimate of drug-likeness (QED) is 0.706. The van der Waals surface area contributed by atoms with Crippen molar-refractivity contribution in [2.24, 2.45) is 0 Å². The Kier molecular flexibility index (Phi) is 7.85. The molecule has 0 radical (unpaired) electrons. The van der Waals surface area contributed by atoms with Crippen LogP contribution in [0.15, 0.2) is 28.7 Å². The molecular formula is C16H25BrN2O. The van der Waals surface area contributed by atoms with Crippen LogP contribution in [0.5, 0.6) is 0 Å². The Hall–Kier alpha value is -0.870. The van der Waals surface area contributed by atoms with Crippen LogP contribution >= 0.6 is 15.9 Å². The Morgan fingerprint density at radius 2 is 1.90 bits per heavy atom. The van der Waals surface area contributed by atoms with Crippen LogP contribution in [-0.4, -0.2) is 18.5 Å². The second-order valence-electron chi connectivity index (χ2n) is 5.29. The predicted molar refractivity (Wildman–Crippen MR) is 87.7 cm³/mol. The molecule has 2 N–H and O–H groups in total. The number of rotatable bonds is 8. The third-order valence-corrected chi connectivity index (χ3v) is 3.68. The van der Waals surface area contributed by atoms with Gasteiger partial charge in [0.05, 0.1) is 6.04 Å². The second-order valence-corrected chi connectivity index (χ2v) is 6.21. The molecule has 1 unspecified atom stereocenters. The first-order valence-corrected chi connectivity index (χ1v) is 8.10. The van der Waals surface area contributed by atoms with Crippen molar-refractivity contribution in [2.75, 3.05) is 6.54 Å². The Labute approximate surface area is 130 Å². The standard InChI is InChI=1S/C16H25BrN2O/c1-4-15(13-7-9-14(17)10-8-13)19-16(20)6-5-11-18-12(2)3/h7-10,12,15,18H,4-6,11H2,1-3H3,(H,19,20). The highest BCUT2D eigenvalue weighted by Crippen LogP contribution is 2.19. The zero-order valence-electron chi connectivity index (χ0n) is 12.6. The minimum Gasteiger partial charge on any atom is -0.349 e. The summed E-state index contributed by atoms with van der Waals surface area (Å²) in [6.45, 7) is 7.20. The smallest absolute Gasteiger partial charge is 0.220 e. The molecule has 0 spiro atoms. The number of hydrogen-bond donors (Lipinski definition) is 2. The number of hydrogen-bond acceptors (Lipinski definition) is 2. The average molecular weight is 341 g/mol. The van der Waals surface area contributed by atoms with E-state index in [2.05, 4.69) is 59.5 Å². The zero-order valence-corrected chi connectivity index (χ0v) is 14.2. The lowest BCUT2D eigenvalue weighted by Crippen LogP contribution is -2.29. The van der Waals surface area contributed by atoms with E-state index < -0.39 is 0 Å². The van der Waals surface area contributed by atoms with E-state index in [-0.39, 0.29) is 11.9 Å². The number of halogens is 1. The molecule has 3 nitrogen and oxygen atoms in total. The molecule has 1 aromatic rings. The molecule has 0 heterocycles. The van der Waals surface area contributed by atoms with Crippen molar-refractivity contribution in [2.45, 2.75) is 52.1 Å². The molecule has 0 saturated carbocycles. The van der Waals surface area contributed by atoms with Crippen LogP contribution in [0.3, 0.4) is 0 Å². The van der Waals surface area contributed by atoms with Crippen molar-refractivity contribution in [3.8, 4) is 0 Å². The summed E-state index contributed by atoms with van der Waals surface area (Å²) in [5.74, 6) is 0.130. The SMILES string of the molecule is CCC(NC(=O)CCCNC(C)C)c1ccc(Br)cc1. The van der Waals surface area contributed by atoms with E-state index in [1.165, 1.54) is 0 Å². The van der Waals surface area contributed by atoms with Gasteiger partial charge in [0, 0.05) is 16.9 Å². The van der Waals surface area contributed by atoms with Crippen LogP contribution < -0.4 is 10.6 Å². The van der Waals surface area contributed by atoms with Gasteiger partial charge in [-0.2, -0.15) is 0 Å². The minimum absolute atomic E-state index is 0.105. The van der Waals surface area contributed by atoms with Crippen LogP contribution in [0.2, 0.25) is 0 Å². The highest BCUT2D eigenvalue weighted by atomic mass is 79.9. The van der Waals surface area contributed by atoms with Gasteiger partial charge in [-0.25, -0.2) is 0 Å². The van der Waals surface area contributed by atoms with Crippen molar-refractivity contribution in [1.29, 1.82) is 0 Å². The Balaban J connectivity index is 2.40. The van der Waals surface area contributed by atoms with Gasteiger partial charge in [-0.1, -0.05) is 48.8 Å². The lowest BCUT2D eigenvalue weighted by Gasteiger charge is -2.18. The summed E-state index contributed by atoms with van der Waals surface area (Å²) in [6, 6.07) is 8.71. The van der Waals surface area contributed by atoms with E-state index in [0.29, 0.717) is 12.5 Å². The van der Waals surface area contributed by atoms with Gasteiger partial charge >= 0.3 is 0 Å². The van der Waals surface area contributed by atoms with Crippen molar-refractivity contribution in [3.05, 3.63) is 34.3 Å². The van der Waals surface area contributed by atoms with Gasteiger partial charge in [-0.3, -0.25) is 4.79 Å². The first kappa shape index (κ1) is 17.2. The summed E-state index contributed by atoms with van der Waals surface area (Å²) in [7, 11) is 0. The molecule has 0 aliphatic heterocycles. The van der Waals surface area contributed by atoms with Gasteiger partial charge in [-0.05, 0) is 37.1 Å². The van der Waals surface area contributed by atoms with Crippen LogP contribution in [-0.2, 0) is 4.79 Å². The maximum absolute atomic E-state index is 11.9. The summed E-state index contributed by atoms with van der Waals surface area (Å²) in [6.07, 6.45) is 2.35. The molecule has 0 aliphatic carbocycles. The molecule has 0 saturated heterocycles. The van der Waals surface area contributed by atoms with Gasteiger partial charge < -0.3 is 10.6 Å². The van der Waals surface area contributed by atoms with Crippen LogP contribution in [0.1, 0.15) is 51.6 Å². The molecule has 20 heavy (non-hydrogen) atoms. The molecule has 0 bridgehead atoms. The molecule has 0 aromatic heterocycles. The fourth-order valence-electron chi connectivity index (χ4n) is 2.02. The largest absolute Gasteiger partial charge is 0.349 e. The molecule has 1 aromatic carbocycles. The predicted octanol–water partition coefficient (Wildman–Crippen LogP) is 3.79. The zero-order chi connectivity index (χ0) is 15.0. The molecule has 112 valence electrons. The highest BCUT2D eigenvalue weighted by Gasteiger charge is 2.12. The van der Waals surface area contributed by atoms with Gasteiger partial charge in [0.15, 0.2) is 0 Å². The van der Waals surface area contributed by atoms with E-state index in [9.17, 15) is 4.79 Å². The van der Waals surface area contributed by atoms with E-state index in [4.69, 9.17) is 0 Å². The van der Waals surface area contributed by atoms with Gasteiger partial charge in [0.25, 0.3) is 0 Å². The molecular weight excluding hydrogens is 316 g/mol. The van der Waals surface area contributed by atoms with Crippen LogP contribution in [0, 0.1) is 0 Å². The van der Waals surface area contributed by atoms with Gasteiger partial charge in [0.2, 0.25) is 5.91 Å². The van der Waals surface area contributed by atoms with Crippen molar-refractivity contribution in [3.63, 3.8) is 0 Å². The van der Waals surface area contributed by atoms with E-state index in [1.54, 1.807) is 0 Å². The van der Waals surface area contributed by atoms with Crippen molar-refractivity contribution in [1.82, 2.24) is 10.6 Å². The Morgan fingerprint density at radius 1 is 1.25 bits per heavy atom. The Morgan fingerprint density at radius 3 is 2.45 bits per heavy atom. The molecule has 1 amide bonds. The summed E-state index contributed by atoms with van der Waals surface area (Å²) in [4.78, 5) is 11.9. The molecule has 1 atom stereocenters. The molecule has 0 fully saturated rings. The third-order valence-electron chi connectivity index (χ3n) is 3.15. The molecule has 4 heteroatoms. The minimum atomic E-state index is 0.105. The number of carbonyl (C=O) groups excluding carboxylic acids is 1. The summed E-state index contributed by atoms with van der Waals surface area (Å²) < 4.78 is 1.06. The number of amides is 1. The van der Waals surface area contributed by atoms with E-state index in [0.717, 1.165) is 29.4 Å². The Bertz CT molecular complexity index is 403. The van der Waals surface area contributed by atoms with E-state index in [1.807, 2.05) is 12.1 Å². The summed E-state index contributed by atoms with van der Waals surface area (Å²) in [5, 5.41) is 6.43. The van der Waals surface area contributed by atoms with Crippen LogP contribution in [0.4, 0.5) is 0 Å². The normalized spacial score (nSPS) is 12.4. The fraction of sp³-hybridized carbons (Fsp3) is 0.562. The first-order chi connectivity index (χ1) is 9.52. The second kappa shape index (κ2) is 9.14. The highest BCUT2D eigenvalue weighted by molar-refractivity contribution is 9.10. The average Bonchev–Trinajstić information content (AvgIpc) is 2.42. The third kappa shape index (κ3) is 6.53. The topological polar surface area (TPSA) is 41.1 Å². The first-order valence-electron chi connectivity index (χ1n) is 7.31. The van der Waals surface area contributed by atoms with Crippen LogP contribution in [0.25, 0.3) is 0 Å². The summed E-state index contributed by atoms with van der Waals surface area (Å²) >= 11 is 3.43. The van der Waals surface area contributed by atoms with Gasteiger partial charge in [0.1, 0.15) is 0 Å². The number of carbonyl (C=O) groups is 1. The number of benzene rings is 1. The maximum atomic E-state index is 11.9. The van der Waals surface area contributed by atoms with E-state index >= 15 is 0 Å². The van der Waals surface area contributed by atoms with Crippen molar-refractivity contribution < 1.29 is 4.79 Å². The summed E-state index contributed by atoms with van der Waals surface area (Å²) in [5.41, 5.74) is 1.16. The monoisotopic (exact) mass is 340 g/mol. The molecule has 1 rings (SSSR count). The molecule has 0 aliphatic rings. The number of nitrogens with one attached hydrogen (secondary N) is 2.